The minimum Gasteiger partial charge on any atom is -0.403 e. The van der Waals surface area contributed by atoms with Gasteiger partial charge in [-0.05, 0) is 29.5 Å². The van der Waals surface area contributed by atoms with E-state index in [1.165, 1.54) is 29.5 Å². The smallest absolute Gasteiger partial charge is 0.403 e. The van der Waals surface area contributed by atoms with Crippen LogP contribution in [0.5, 0.6) is 5.75 Å². The average Bonchev–Trinajstić information content (AvgIpc) is 2.06. The third-order valence-electron chi connectivity index (χ3n) is 1.67. The van der Waals surface area contributed by atoms with Crippen LogP contribution in [0.15, 0.2) is 6.20 Å². The second kappa shape index (κ2) is 4.50. The van der Waals surface area contributed by atoms with Crippen molar-refractivity contribution in [1.29, 1.82) is 0 Å². The molecule has 0 aliphatic carbocycles. The van der Waals surface area contributed by atoms with Gasteiger partial charge >= 0.3 is 12.5 Å². The van der Waals surface area contributed by atoms with Crippen molar-refractivity contribution >= 4 is 22.6 Å². The zero-order valence-corrected chi connectivity index (χ0v) is 10.2. The van der Waals surface area contributed by atoms with Gasteiger partial charge in [-0.15, -0.1) is 13.2 Å². The Morgan fingerprint density at radius 2 is 1.71 bits per heavy atom. The van der Waals surface area contributed by atoms with Gasteiger partial charge in [0.1, 0.15) is 5.56 Å². The molecule has 0 saturated heterocycles. The van der Waals surface area contributed by atoms with Gasteiger partial charge in [-0.1, -0.05) is 0 Å². The van der Waals surface area contributed by atoms with E-state index in [0.29, 0.717) is 6.20 Å². The predicted molar refractivity (Wildman–Crippen MR) is 53.4 cm³/mol. The van der Waals surface area contributed by atoms with E-state index in [2.05, 4.69) is 9.72 Å². The third kappa shape index (κ3) is 3.61. The highest BCUT2D eigenvalue weighted by atomic mass is 127. The number of aryl methyl sites for hydroxylation is 1. The number of hydrogen-bond acceptors (Lipinski definition) is 2. The maximum Gasteiger partial charge on any atom is 0.573 e. The molecule has 0 aromatic carbocycles. The van der Waals surface area contributed by atoms with Crippen molar-refractivity contribution in [3.8, 4) is 5.75 Å². The molecule has 0 bridgehead atoms. The lowest BCUT2D eigenvalue weighted by atomic mass is 10.2. The molecule has 9 heteroatoms. The molecular weight excluding hydrogens is 367 g/mol. The van der Waals surface area contributed by atoms with Crippen LogP contribution in [0.25, 0.3) is 0 Å². The summed E-state index contributed by atoms with van der Waals surface area (Å²) in [5.74, 6) is -1.35. The van der Waals surface area contributed by atoms with E-state index in [4.69, 9.17) is 0 Å². The molecule has 0 aliphatic rings. The number of rotatable bonds is 1. The van der Waals surface area contributed by atoms with Gasteiger partial charge in [-0.2, -0.15) is 13.2 Å². The summed E-state index contributed by atoms with van der Waals surface area (Å²) >= 11 is 1.28. The Labute approximate surface area is 105 Å². The molecule has 1 aromatic rings. The molecule has 96 valence electrons. The molecule has 0 aliphatic heterocycles. The molecular formula is C8H4F6INO. The molecule has 1 heterocycles. The van der Waals surface area contributed by atoms with E-state index in [9.17, 15) is 26.3 Å². The maximum atomic E-state index is 12.6. The second-order valence-corrected chi connectivity index (χ2v) is 4.02. The molecule has 0 atom stereocenters. The highest BCUT2D eigenvalue weighted by Gasteiger charge is 2.41. The van der Waals surface area contributed by atoms with Gasteiger partial charge in [-0.3, -0.25) is 4.98 Å². The number of ether oxygens (including phenoxy) is 1. The summed E-state index contributed by atoms with van der Waals surface area (Å²) in [6.07, 6.45) is -9.72. The number of pyridine rings is 1. The fourth-order valence-corrected chi connectivity index (χ4v) is 1.74. The van der Waals surface area contributed by atoms with Crippen LogP contribution in [0.4, 0.5) is 26.3 Å². The summed E-state index contributed by atoms with van der Waals surface area (Å²) in [7, 11) is 0. The van der Waals surface area contributed by atoms with E-state index >= 15 is 0 Å². The van der Waals surface area contributed by atoms with Crippen LogP contribution < -0.4 is 4.74 Å². The fourth-order valence-electron chi connectivity index (χ4n) is 1.03. The predicted octanol–water partition coefficient (Wildman–Crippen LogP) is 3.91. The highest BCUT2D eigenvalue weighted by molar-refractivity contribution is 14.1. The van der Waals surface area contributed by atoms with E-state index in [1.54, 1.807) is 0 Å². The van der Waals surface area contributed by atoms with E-state index in [0.717, 1.165) is 0 Å². The quantitative estimate of drug-likeness (QED) is 0.552. The SMILES string of the molecule is Cc1ncc(OC(F)(F)F)c(C(F)(F)F)c1I. The lowest BCUT2D eigenvalue weighted by Gasteiger charge is -2.17. The first-order valence-electron chi connectivity index (χ1n) is 4.00. The monoisotopic (exact) mass is 371 g/mol. The Morgan fingerprint density at radius 3 is 2.12 bits per heavy atom. The van der Waals surface area contributed by atoms with Gasteiger partial charge in [0.25, 0.3) is 0 Å². The molecule has 0 unspecified atom stereocenters. The number of alkyl halides is 6. The molecule has 0 radical (unpaired) electrons. The molecule has 0 amide bonds. The van der Waals surface area contributed by atoms with Crippen molar-refractivity contribution < 1.29 is 31.1 Å². The van der Waals surface area contributed by atoms with Gasteiger partial charge < -0.3 is 4.74 Å². The molecule has 17 heavy (non-hydrogen) atoms. The van der Waals surface area contributed by atoms with Crippen LogP contribution >= 0.6 is 22.6 Å². The fraction of sp³-hybridized carbons (Fsp3) is 0.375. The van der Waals surface area contributed by atoms with E-state index < -0.39 is 27.4 Å². The van der Waals surface area contributed by atoms with E-state index in [-0.39, 0.29) is 5.69 Å². The molecule has 0 saturated carbocycles. The minimum atomic E-state index is -5.19. The van der Waals surface area contributed by atoms with Crippen LogP contribution in [-0.2, 0) is 6.18 Å². The van der Waals surface area contributed by atoms with Gasteiger partial charge in [0.2, 0.25) is 0 Å². The average molecular weight is 371 g/mol. The van der Waals surface area contributed by atoms with Crippen molar-refractivity contribution in [2.45, 2.75) is 19.5 Å². The summed E-state index contributed by atoms with van der Waals surface area (Å²) in [6, 6.07) is 0. The first kappa shape index (κ1) is 14.3. The summed E-state index contributed by atoms with van der Waals surface area (Å²) < 4.78 is 76.4. The topological polar surface area (TPSA) is 22.1 Å². The molecule has 2 nitrogen and oxygen atoms in total. The van der Waals surface area contributed by atoms with Crippen LogP contribution in [0.2, 0.25) is 0 Å². The molecule has 0 spiro atoms. The first-order chi connectivity index (χ1) is 7.52. The maximum absolute atomic E-state index is 12.6. The lowest BCUT2D eigenvalue weighted by Crippen LogP contribution is -2.21. The van der Waals surface area contributed by atoms with Gasteiger partial charge in [-0.25, -0.2) is 0 Å². The largest absolute Gasteiger partial charge is 0.573 e. The van der Waals surface area contributed by atoms with Gasteiger partial charge in [0, 0.05) is 0 Å². The standard InChI is InChI=1S/C8H4F6INO/c1-3-6(15)5(7(9,10)11)4(2-16-3)17-8(12,13)14/h2H,1H3. The Kier molecular flexibility index (Phi) is 3.79. The molecule has 0 fully saturated rings. The Morgan fingerprint density at radius 1 is 1.18 bits per heavy atom. The van der Waals surface area contributed by atoms with Crippen LogP contribution in [0.1, 0.15) is 11.3 Å². The normalized spacial score (nSPS) is 12.7. The van der Waals surface area contributed by atoms with Gasteiger partial charge in [0.05, 0.1) is 15.5 Å². The zero-order chi connectivity index (χ0) is 13.4. The van der Waals surface area contributed by atoms with Crippen molar-refractivity contribution in [2.75, 3.05) is 0 Å². The van der Waals surface area contributed by atoms with Crippen molar-refractivity contribution in [3.05, 3.63) is 21.0 Å². The number of nitrogens with zero attached hydrogens (tertiary/aromatic N) is 1. The minimum absolute atomic E-state index is 0.0209. The summed E-state index contributed by atoms with van der Waals surface area (Å²) in [5, 5.41) is 0. The number of aromatic nitrogens is 1. The van der Waals surface area contributed by atoms with Crippen LogP contribution in [0, 0.1) is 10.5 Å². The second-order valence-electron chi connectivity index (χ2n) is 2.94. The lowest BCUT2D eigenvalue weighted by molar-refractivity contribution is -0.276. The Hall–Kier alpha value is -0.740. The van der Waals surface area contributed by atoms with E-state index in [1.807, 2.05) is 0 Å². The van der Waals surface area contributed by atoms with Crippen LogP contribution in [0.3, 0.4) is 0 Å². The summed E-state index contributed by atoms with van der Waals surface area (Å²) in [4.78, 5) is 3.40. The molecule has 0 N–H and O–H groups in total. The van der Waals surface area contributed by atoms with Crippen molar-refractivity contribution in [3.63, 3.8) is 0 Å². The molecule has 1 aromatic heterocycles. The zero-order valence-electron chi connectivity index (χ0n) is 8.08. The Balaban J connectivity index is 3.36. The first-order valence-corrected chi connectivity index (χ1v) is 5.08. The Bertz CT molecular complexity index is 427. The van der Waals surface area contributed by atoms with Crippen molar-refractivity contribution in [2.24, 2.45) is 0 Å². The van der Waals surface area contributed by atoms with Crippen LogP contribution in [-0.4, -0.2) is 11.3 Å². The third-order valence-corrected chi connectivity index (χ3v) is 2.99. The summed E-state index contributed by atoms with van der Waals surface area (Å²) in [5.41, 5.74) is -1.49. The van der Waals surface area contributed by atoms with Gasteiger partial charge in [0.15, 0.2) is 5.75 Å². The number of halogens is 7. The molecule has 1 rings (SSSR count). The number of hydrogen-bond donors (Lipinski definition) is 0. The van der Waals surface area contributed by atoms with Crippen molar-refractivity contribution in [1.82, 2.24) is 4.98 Å². The highest BCUT2D eigenvalue weighted by Crippen LogP contribution is 2.41. The summed E-state index contributed by atoms with van der Waals surface area (Å²) in [6.45, 7) is 1.26.